The lowest BCUT2D eigenvalue weighted by Gasteiger charge is -2.11. The molecule has 0 saturated carbocycles. The van der Waals surface area contributed by atoms with Crippen molar-refractivity contribution in [3.05, 3.63) is 64.8 Å². The summed E-state index contributed by atoms with van der Waals surface area (Å²) < 4.78 is 0. The van der Waals surface area contributed by atoms with Crippen molar-refractivity contribution in [3.8, 4) is 0 Å². The Bertz CT molecular complexity index is 810. The van der Waals surface area contributed by atoms with Crippen molar-refractivity contribution in [2.45, 2.75) is 20.8 Å². The number of rotatable bonds is 2. The van der Waals surface area contributed by atoms with Gasteiger partial charge in [-0.1, -0.05) is 36.4 Å². The molecule has 0 saturated heterocycles. The Kier molecular flexibility index (Phi) is 3.26. The zero-order valence-electron chi connectivity index (χ0n) is 12.4. The van der Waals surface area contributed by atoms with E-state index in [1.165, 1.54) is 0 Å². The minimum absolute atomic E-state index is 0.0962. The van der Waals surface area contributed by atoms with Crippen molar-refractivity contribution in [3.63, 3.8) is 0 Å². The van der Waals surface area contributed by atoms with Crippen LogP contribution in [0.5, 0.6) is 0 Å². The van der Waals surface area contributed by atoms with E-state index in [2.05, 4.69) is 10.3 Å². The largest absolute Gasteiger partial charge is 0.350 e. The fourth-order valence-corrected chi connectivity index (χ4v) is 2.70. The van der Waals surface area contributed by atoms with Crippen molar-refractivity contribution in [1.29, 1.82) is 0 Å². The average molecular weight is 278 g/mol. The molecule has 0 fully saturated rings. The third-order valence-corrected chi connectivity index (χ3v) is 3.91. The normalized spacial score (nSPS) is 10.8. The lowest BCUT2D eigenvalue weighted by Crippen LogP contribution is -2.15. The number of nitrogens with one attached hydrogen (secondary N) is 2. The molecular formula is C18H18N2O. The van der Waals surface area contributed by atoms with Crippen molar-refractivity contribution < 1.29 is 4.79 Å². The zero-order valence-corrected chi connectivity index (χ0v) is 12.4. The Morgan fingerprint density at radius 3 is 2.29 bits per heavy atom. The third kappa shape index (κ3) is 2.31. The minimum atomic E-state index is -0.0962. The molecule has 0 bridgehead atoms. The maximum absolute atomic E-state index is 12.6. The number of hydrogen-bond acceptors (Lipinski definition) is 1. The number of anilines is 1. The van der Waals surface area contributed by atoms with Gasteiger partial charge in [0.15, 0.2) is 0 Å². The third-order valence-electron chi connectivity index (χ3n) is 3.91. The fourth-order valence-electron chi connectivity index (χ4n) is 2.70. The van der Waals surface area contributed by atoms with Crippen molar-refractivity contribution in [2.24, 2.45) is 0 Å². The summed E-state index contributed by atoms with van der Waals surface area (Å²) in [5, 5.41) is 4.11. The molecule has 3 rings (SSSR count). The van der Waals surface area contributed by atoms with Gasteiger partial charge in [-0.05, 0) is 43.5 Å². The summed E-state index contributed by atoms with van der Waals surface area (Å²) in [5.74, 6) is -0.0962. The molecule has 2 aromatic carbocycles. The highest BCUT2D eigenvalue weighted by Crippen LogP contribution is 2.24. The van der Waals surface area contributed by atoms with Gasteiger partial charge < -0.3 is 10.3 Å². The number of aromatic nitrogens is 1. The Morgan fingerprint density at radius 2 is 1.62 bits per heavy atom. The Labute approximate surface area is 124 Å². The minimum Gasteiger partial charge on any atom is -0.350 e. The van der Waals surface area contributed by atoms with Crippen molar-refractivity contribution in [1.82, 2.24) is 4.98 Å². The van der Waals surface area contributed by atoms with E-state index in [1.807, 2.05) is 63.2 Å². The van der Waals surface area contributed by atoms with E-state index in [4.69, 9.17) is 0 Å². The van der Waals surface area contributed by atoms with E-state index in [0.717, 1.165) is 33.3 Å². The molecule has 21 heavy (non-hydrogen) atoms. The van der Waals surface area contributed by atoms with E-state index in [-0.39, 0.29) is 5.91 Å². The molecule has 1 aromatic heterocycles. The molecule has 0 spiro atoms. The molecule has 0 atom stereocenters. The predicted octanol–water partition coefficient (Wildman–Crippen LogP) is 4.35. The second-order valence-corrected chi connectivity index (χ2v) is 5.39. The highest BCUT2D eigenvalue weighted by Gasteiger charge is 2.15. The summed E-state index contributed by atoms with van der Waals surface area (Å²) in [6, 6.07) is 14.0. The maximum Gasteiger partial charge on any atom is 0.272 e. The molecule has 3 nitrogen and oxygen atoms in total. The monoisotopic (exact) mass is 278 g/mol. The van der Waals surface area contributed by atoms with Crippen LogP contribution in [0.3, 0.4) is 0 Å². The molecule has 1 amide bonds. The van der Waals surface area contributed by atoms with Gasteiger partial charge in [-0.15, -0.1) is 0 Å². The van der Waals surface area contributed by atoms with Crippen LogP contribution in [0.4, 0.5) is 5.69 Å². The highest BCUT2D eigenvalue weighted by molar-refractivity contribution is 6.08. The van der Waals surface area contributed by atoms with E-state index in [1.54, 1.807) is 0 Å². The van der Waals surface area contributed by atoms with Gasteiger partial charge in [0.2, 0.25) is 0 Å². The molecule has 0 aliphatic heterocycles. The summed E-state index contributed by atoms with van der Waals surface area (Å²) >= 11 is 0. The van der Waals surface area contributed by atoms with Gasteiger partial charge in [0.1, 0.15) is 5.69 Å². The molecule has 0 aliphatic rings. The molecule has 0 unspecified atom stereocenters. The van der Waals surface area contributed by atoms with E-state index in [9.17, 15) is 4.79 Å². The van der Waals surface area contributed by atoms with Crippen LogP contribution < -0.4 is 5.32 Å². The first-order valence-corrected chi connectivity index (χ1v) is 7.03. The average Bonchev–Trinajstić information content (AvgIpc) is 2.81. The van der Waals surface area contributed by atoms with Crippen LogP contribution in [0.25, 0.3) is 10.9 Å². The number of amides is 1. The van der Waals surface area contributed by atoms with Gasteiger partial charge in [-0.2, -0.15) is 0 Å². The van der Waals surface area contributed by atoms with Crippen LogP contribution >= 0.6 is 0 Å². The first-order valence-electron chi connectivity index (χ1n) is 7.03. The number of fused-ring (bicyclic) bond motifs is 1. The molecule has 3 aromatic rings. The fraction of sp³-hybridized carbons (Fsp3) is 0.167. The summed E-state index contributed by atoms with van der Waals surface area (Å²) in [4.78, 5) is 15.8. The SMILES string of the molecule is Cc1cccc(C)c1NC(=O)c1[nH]c2ccccc2c1C. The Hall–Kier alpha value is -2.55. The number of para-hydroxylation sites is 2. The number of carbonyl (C=O) groups excluding carboxylic acids is 1. The van der Waals surface area contributed by atoms with Gasteiger partial charge in [-0.25, -0.2) is 0 Å². The summed E-state index contributed by atoms with van der Waals surface area (Å²) in [6.45, 7) is 5.97. The summed E-state index contributed by atoms with van der Waals surface area (Å²) in [7, 11) is 0. The second-order valence-electron chi connectivity index (χ2n) is 5.39. The second kappa shape index (κ2) is 5.09. The number of carbonyl (C=O) groups is 1. The zero-order chi connectivity index (χ0) is 15.0. The van der Waals surface area contributed by atoms with Crippen LogP contribution in [0.1, 0.15) is 27.2 Å². The number of aromatic amines is 1. The van der Waals surface area contributed by atoms with Gasteiger partial charge in [-0.3, -0.25) is 4.79 Å². The first-order chi connectivity index (χ1) is 10.1. The molecule has 2 N–H and O–H groups in total. The van der Waals surface area contributed by atoms with Crippen LogP contribution in [0.15, 0.2) is 42.5 Å². The number of hydrogen-bond donors (Lipinski definition) is 2. The Morgan fingerprint density at radius 1 is 0.952 bits per heavy atom. The van der Waals surface area contributed by atoms with E-state index in [0.29, 0.717) is 5.69 Å². The van der Waals surface area contributed by atoms with Crippen LogP contribution in [-0.2, 0) is 0 Å². The molecule has 3 heteroatoms. The number of aryl methyl sites for hydroxylation is 3. The molecule has 0 radical (unpaired) electrons. The Balaban J connectivity index is 2.00. The quantitative estimate of drug-likeness (QED) is 0.719. The van der Waals surface area contributed by atoms with Crippen LogP contribution in [-0.4, -0.2) is 10.9 Å². The summed E-state index contributed by atoms with van der Waals surface area (Å²) in [5.41, 5.74) is 5.62. The maximum atomic E-state index is 12.6. The smallest absolute Gasteiger partial charge is 0.272 e. The first kappa shape index (κ1) is 13.4. The van der Waals surface area contributed by atoms with Gasteiger partial charge in [0, 0.05) is 16.6 Å². The van der Waals surface area contributed by atoms with E-state index < -0.39 is 0 Å². The molecular weight excluding hydrogens is 260 g/mol. The highest BCUT2D eigenvalue weighted by atomic mass is 16.1. The number of H-pyrrole nitrogens is 1. The predicted molar refractivity (Wildman–Crippen MR) is 86.9 cm³/mol. The lowest BCUT2D eigenvalue weighted by molar-refractivity contribution is 0.102. The standard InChI is InChI=1S/C18H18N2O/c1-11-7-6-8-12(2)16(11)20-18(21)17-13(3)14-9-4-5-10-15(14)19-17/h4-10,19H,1-3H3,(H,20,21). The van der Waals surface area contributed by atoms with Crippen molar-refractivity contribution in [2.75, 3.05) is 5.32 Å². The van der Waals surface area contributed by atoms with Crippen LogP contribution in [0, 0.1) is 20.8 Å². The molecule has 0 aliphatic carbocycles. The van der Waals surface area contributed by atoms with E-state index >= 15 is 0 Å². The topological polar surface area (TPSA) is 44.9 Å². The molecule has 1 heterocycles. The van der Waals surface area contributed by atoms with Crippen LogP contribution in [0.2, 0.25) is 0 Å². The summed E-state index contributed by atoms with van der Waals surface area (Å²) in [6.07, 6.45) is 0. The number of benzene rings is 2. The lowest BCUT2D eigenvalue weighted by atomic mass is 10.1. The van der Waals surface area contributed by atoms with Crippen molar-refractivity contribution >= 4 is 22.5 Å². The van der Waals surface area contributed by atoms with Gasteiger partial charge in [0.05, 0.1) is 0 Å². The van der Waals surface area contributed by atoms with Gasteiger partial charge in [0.25, 0.3) is 5.91 Å². The molecule has 106 valence electrons. The van der Waals surface area contributed by atoms with Gasteiger partial charge >= 0.3 is 0 Å².